The lowest BCUT2D eigenvalue weighted by Crippen LogP contribution is -2.33. The average Bonchev–Trinajstić information content (AvgIpc) is 3.24. The maximum absolute atomic E-state index is 13.7. The highest BCUT2D eigenvalue weighted by atomic mass is 16.7. The molecule has 5 rings (SSSR count). The minimum absolute atomic E-state index is 0.0149. The first-order valence-electron chi connectivity index (χ1n) is 9.68. The number of hydrogen-bond donors (Lipinski definition) is 1. The number of rotatable bonds is 3. The summed E-state index contributed by atoms with van der Waals surface area (Å²) in [4.78, 5) is 18.0. The predicted octanol–water partition coefficient (Wildman–Crippen LogP) is 2.55. The van der Waals surface area contributed by atoms with Gasteiger partial charge in [0.05, 0.1) is 23.7 Å². The highest BCUT2D eigenvalue weighted by Crippen LogP contribution is 2.43. The van der Waals surface area contributed by atoms with Crippen LogP contribution < -0.4 is 25.5 Å². The van der Waals surface area contributed by atoms with E-state index in [2.05, 4.69) is 11.1 Å². The predicted molar refractivity (Wildman–Crippen MR) is 111 cm³/mol. The SMILES string of the molecule is Cc1cc2c(c(=O)n1Cc1ccccn1)[C@H](c1ccc3c(c1)OCO3)C(C#N)=C(N)O2. The monoisotopic (exact) mass is 414 g/mol. The van der Waals surface area contributed by atoms with E-state index in [0.29, 0.717) is 40.6 Å². The number of aromatic nitrogens is 2. The molecular weight excluding hydrogens is 396 g/mol. The second-order valence-corrected chi connectivity index (χ2v) is 7.31. The molecule has 0 aliphatic carbocycles. The van der Waals surface area contributed by atoms with E-state index in [9.17, 15) is 10.1 Å². The summed E-state index contributed by atoms with van der Waals surface area (Å²) >= 11 is 0. The van der Waals surface area contributed by atoms with Crippen molar-refractivity contribution < 1.29 is 14.2 Å². The number of benzene rings is 1. The van der Waals surface area contributed by atoms with E-state index in [4.69, 9.17) is 19.9 Å². The van der Waals surface area contributed by atoms with Crippen molar-refractivity contribution in [2.45, 2.75) is 19.4 Å². The van der Waals surface area contributed by atoms with Crippen LogP contribution in [0.4, 0.5) is 0 Å². The third-order valence-corrected chi connectivity index (χ3v) is 5.47. The Kier molecular flexibility index (Phi) is 4.37. The van der Waals surface area contributed by atoms with Crippen LogP contribution in [0.15, 0.2) is 64.9 Å². The molecule has 0 fully saturated rings. The van der Waals surface area contributed by atoms with E-state index in [0.717, 1.165) is 5.69 Å². The number of nitrogens with two attached hydrogens (primary N) is 1. The van der Waals surface area contributed by atoms with Gasteiger partial charge in [0, 0.05) is 18.0 Å². The Morgan fingerprint density at radius 2 is 2.03 bits per heavy atom. The molecule has 1 atom stereocenters. The number of fused-ring (bicyclic) bond motifs is 2. The summed E-state index contributed by atoms with van der Waals surface area (Å²) < 4.78 is 18.2. The Morgan fingerprint density at radius 3 is 2.81 bits per heavy atom. The molecule has 0 bridgehead atoms. The third kappa shape index (κ3) is 3.07. The highest BCUT2D eigenvalue weighted by molar-refractivity contribution is 5.57. The van der Waals surface area contributed by atoms with Gasteiger partial charge in [-0.1, -0.05) is 12.1 Å². The van der Waals surface area contributed by atoms with Crippen molar-refractivity contribution in [2.24, 2.45) is 5.73 Å². The van der Waals surface area contributed by atoms with Crippen molar-refractivity contribution in [3.63, 3.8) is 0 Å². The van der Waals surface area contributed by atoms with E-state index in [-0.39, 0.29) is 23.8 Å². The molecule has 0 radical (unpaired) electrons. The van der Waals surface area contributed by atoms with Gasteiger partial charge in [0.1, 0.15) is 17.4 Å². The van der Waals surface area contributed by atoms with Crippen LogP contribution in [0, 0.1) is 18.3 Å². The van der Waals surface area contributed by atoms with E-state index < -0.39 is 5.92 Å². The molecule has 1 aromatic carbocycles. The molecule has 2 aliphatic rings. The summed E-state index contributed by atoms with van der Waals surface area (Å²) in [5.41, 5.74) is 8.48. The second-order valence-electron chi connectivity index (χ2n) is 7.31. The Hall–Kier alpha value is -4.25. The van der Waals surface area contributed by atoms with Crippen molar-refractivity contribution >= 4 is 0 Å². The van der Waals surface area contributed by atoms with Crippen molar-refractivity contribution in [3.05, 3.63) is 93.0 Å². The van der Waals surface area contributed by atoms with Gasteiger partial charge in [-0.2, -0.15) is 5.26 Å². The number of hydrogen-bond acceptors (Lipinski definition) is 7. The Bertz CT molecular complexity index is 1320. The number of allylic oxidation sites excluding steroid dienone is 1. The molecule has 0 amide bonds. The summed E-state index contributed by atoms with van der Waals surface area (Å²) in [6, 6.07) is 14.8. The number of nitriles is 1. The summed E-state index contributed by atoms with van der Waals surface area (Å²) in [5, 5.41) is 9.82. The minimum atomic E-state index is -0.689. The zero-order chi connectivity index (χ0) is 21.5. The molecule has 3 aromatic rings. The van der Waals surface area contributed by atoms with E-state index in [1.54, 1.807) is 35.0 Å². The maximum atomic E-state index is 13.7. The van der Waals surface area contributed by atoms with E-state index in [1.165, 1.54) is 0 Å². The summed E-state index contributed by atoms with van der Waals surface area (Å²) in [6.07, 6.45) is 1.68. The lowest BCUT2D eigenvalue weighted by molar-refractivity contribution is 0.174. The van der Waals surface area contributed by atoms with Crippen LogP contribution in [-0.2, 0) is 6.54 Å². The molecular formula is C23H18N4O4. The lowest BCUT2D eigenvalue weighted by Gasteiger charge is -2.27. The van der Waals surface area contributed by atoms with Gasteiger partial charge in [-0.3, -0.25) is 9.78 Å². The summed E-state index contributed by atoms with van der Waals surface area (Å²) in [7, 11) is 0. The molecule has 0 unspecified atom stereocenters. The van der Waals surface area contributed by atoms with Gasteiger partial charge >= 0.3 is 0 Å². The van der Waals surface area contributed by atoms with Crippen LogP contribution in [0.5, 0.6) is 17.2 Å². The number of ether oxygens (including phenoxy) is 3. The maximum Gasteiger partial charge on any atom is 0.259 e. The standard InChI is InChI=1S/C23H18N4O4/c1-13-8-19-21(23(28)27(13)11-15-4-2-3-7-26-15)20(16(10-24)22(25)31-19)14-5-6-17-18(9-14)30-12-29-17/h2-9,20H,11-12,25H2,1H3/t20-/m1/s1. The van der Waals surface area contributed by atoms with Gasteiger partial charge in [-0.25, -0.2) is 0 Å². The van der Waals surface area contributed by atoms with Crippen LogP contribution >= 0.6 is 0 Å². The molecule has 0 spiro atoms. The fourth-order valence-corrected chi connectivity index (χ4v) is 3.96. The van der Waals surface area contributed by atoms with Crippen LogP contribution in [0.25, 0.3) is 0 Å². The third-order valence-electron chi connectivity index (χ3n) is 5.47. The lowest BCUT2D eigenvalue weighted by atomic mass is 9.84. The highest BCUT2D eigenvalue weighted by Gasteiger charge is 2.35. The van der Waals surface area contributed by atoms with Gasteiger partial charge in [0.15, 0.2) is 11.5 Å². The van der Waals surface area contributed by atoms with Crippen LogP contribution in [0.1, 0.15) is 28.4 Å². The Balaban J connectivity index is 1.70. The quantitative estimate of drug-likeness (QED) is 0.701. The smallest absolute Gasteiger partial charge is 0.259 e. The molecule has 0 saturated heterocycles. The van der Waals surface area contributed by atoms with Crippen molar-refractivity contribution in [1.82, 2.24) is 9.55 Å². The van der Waals surface area contributed by atoms with Gasteiger partial charge in [-0.05, 0) is 36.8 Å². The van der Waals surface area contributed by atoms with Gasteiger partial charge in [0.25, 0.3) is 5.56 Å². The zero-order valence-electron chi connectivity index (χ0n) is 16.7. The Labute approximate surface area is 177 Å². The normalized spacial score (nSPS) is 16.5. The molecule has 2 aromatic heterocycles. The van der Waals surface area contributed by atoms with Crippen molar-refractivity contribution in [1.29, 1.82) is 5.26 Å². The molecule has 154 valence electrons. The molecule has 8 nitrogen and oxygen atoms in total. The first-order chi connectivity index (χ1) is 15.1. The number of aryl methyl sites for hydroxylation is 1. The molecule has 2 N–H and O–H groups in total. The van der Waals surface area contributed by atoms with E-state index >= 15 is 0 Å². The Morgan fingerprint density at radius 1 is 1.19 bits per heavy atom. The van der Waals surface area contributed by atoms with Gasteiger partial charge in [0.2, 0.25) is 12.7 Å². The second kappa shape index (κ2) is 7.22. The van der Waals surface area contributed by atoms with E-state index in [1.807, 2.05) is 25.1 Å². The van der Waals surface area contributed by atoms with Crippen LogP contribution in [0.2, 0.25) is 0 Å². The molecule has 2 aliphatic heterocycles. The first kappa shape index (κ1) is 18.8. The van der Waals surface area contributed by atoms with Crippen LogP contribution in [0.3, 0.4) is 0 Å². The molecule has 31 heavy (non-hydrogen) atoms. The first-order valence-corrected chi connectivity index (χ1v) is 9.68. The molecule has 4 heterocycles. The average molecular weight is 414 g/mol. The molecule has 0 saturated carbocycles. The fraction of sp³-hybridized carbons (Fsp3) is 0.174. The van der Waals surface area contributed by atoms with Crippen molar-refractivity contribution in [2.75, 3.05) is 6.79 Å². The zero-order valence-corrected chi connectivity index (χ0v) is 16.7. The number of pyridine rings is 2. The summed E-state index contributed by atoms with van der Waals surface area (Å²) in [6.45, 7) is 2.25. The largest absolute Gasteiger partial charge is 0.454 e. The number of nitrogens with zero attached hydrogens (tertiary/aromatic N) is 3. The van der Waals surface area contributed by atoms with Crippen LogP contribution in [-0.4, -0.2) is 16.3 Å². The summed E-state index contributed by atoms with van der Waals surface area (Å²) in [5.74, 6) is 0.814. The fourth-order valence-electron chi connectivity index (χ4n) is 3.96. The van der Waals surface area contributed by atoms with Crippen molar-refractivity contribution in [3.8, 4) is 23.3 Å². The molecule has 8 heteroatoms. The topological polar surface area (TPSA) is 112 Å². The van der Waals surface area contributed by atoms with Gasteiger partial charge < -0.3 is 24.5 Å². The van der Waals surface area contributed by atoms with Gasteiger partial charge in [-0.15, -0.1) is 0 Å². The minimum Gasteiger partial charge on any atom is -0.454 e.